The second-order valence-electron chi connectivity index (χ2n) is 15.5. The van der Waals surface area contributed by atoms with Crippen molar-refractivity contribution in [1.29, 1.82) is 0 Å². The van der Waals surface area contributed by atoms with Crippen LogP contribution in [0.25, 0.3) is 5.57 Å². The zero-order valence-electron chi connectivity index (χ0n) is 24.9. The van der Waals surface area contributed by atoms with Crippen LogP contribution in [0.5, 0.6) is 0 Å². The summed E-state index contributed by atoms with van der Waals surface area (Å²) in [6.45, 7) is 4.55. The Morgan fingerprint density at radius 3 is 1.74 bits per heavy atom. The molecule has 43 heavy (non-hydrogen) atoms. The summed E-state index contributed by atoms with van der Waals surface area (Å²) in [7, 11) is 0. The molecule has 6 aliphatic carbocycles. The smallest absolute Gasteiger partial charge is 0.200 e. The van der Waals surface area contributed by atoms with Gasteiger partial charge in [-0.15, -0.1) is 0 Å². The van der Waals surface area contributed by atoms with Gasteiger partial charge in [-0.1, -0.05) is 13.8 Å². The van der Waals surface area contributed by atoms with Gasteiger partial charge in [-0.05, 0) is 130 Å². The van der Waals surface area contributed by atoms with Crippen LogP contribution in [0.3, 0.4) is 0 Å². The maximum Gasteiger partial charge on any atom is 0.200 e. The first-order chi connectivity index (χ1) is 20.5. The summed E-state index contributed by atoms with van der Waals surface area (Å²) in [4.78, 5) is 8.47. The summed E-state index contributed by atoms with van der Waals surface area (Å²) in [5.41, 5.74) is 1.35. The number of hydrogen-bond donors (Lipinski definition) is 1. The van der Waals surface area contributed by atoms with Crippen molar-refractivity contribution in [2.75, 3.05) is 0 Å². The van der Waals surface area contributed by atoms with E-state index < -0.39 is 34.6 Å². The van der Waals surface area contributed by atoms with E-state index in [0.29, 0.717) is 41.2 Å². The van der Waals surface area contributed by atoms with Crippen LogP contribution in [0.2, 0.25) is 0 Å². The Kier molecular flexibility index (Phi) is 6.24. The van der Waals surface area contributed by atoms with E-state index in [1.807, 2.05) is 12.1 Å². The molecular formula is C36H39F5N2. The van der Waals surface area contributed by atoms with E-state index in [4.69, 9.17) is 4.99 Å². The van der Waals surface area contributed by atoms with E-state index in [1.165, 1.54) is 32.1 Å². The van der Waals surface area contributed by atoms with Crippen LogP contribution < -0.4 is 0 Å². The maximum absolute atomic E-state index is 15.5. The number of H-pyrrole nitrogens is 1. The highest BCUT2D eigenvalue weighted by Gasteiger charge is 2.52. The van der Waals surface area contributed by atoms with Crippen LogP contribution in [-0.4, -0.2) is 10.7 Å². The highest BCUT2D eigenvalue weighted by Crippen LogP contribution is 2.61. The Morgan fingerprint density at radius 2 is 1.16 bits per heavy atom. The van der Waals surface area contributed by atoms with Gasteiger partial charge in [0.1, 0.15) is 0 Å². The van der Waals surface area contributed by atoms with Gasteiger partial charge in [-0.25, -0.2) is 22.0 Å². The van der Waals surface area contributed by atoms with Crippen molar-refractivity contribution in [3.8, 4) is 0 Å². The number of aliphatic imine (C=N–C) groups is 1. The van der Waals surface area contributed by atoms with Crippen molar-refractivity contribution in [3.63, 3.8) is 0 Å². The molecule has 1 N–H and O–H groups in total. The number of nitrogens with one attached hydrogen (secondary N) is 1. The fourth-order valence-corrected chi connectivity index (χ4v) is 11.3. The minimum Gasteiger partial charge on any atom is -0.358 e. The molecular weight excluding hydrogens is 555 g/mol. The Hall–Kier alpha value is -2.70. The largest absolute Gasteiger partial charge is 0.358 e. The minimum absolute atomic E-state index is 0.0243. The first-order valence-electron chi connectivity index (χ1n) is 16.3. The van der Waals surface area contributed by atoms with Crippen molar-refractivity contribution < 1.29 is 22.0 Å². The maximum atomic E-state index is 15.5. The van der Waals surface area contributed by atoms with E-state index in [9.17, 15) is 13.2 Å². The van der Waals surface area contributed by atoms with Gasteiger partial charge in [-0.3, -0.25) is 4.99 Å². The molecule has 2 heterocycles. The Morgan fingerprint density at radius 1 is 0.651 bits per heavy atom. The third-order valence-corrected chi connectivity index (χ3v) is 12.1. The average molecular weight is 595 g/mol. The molecule has 7 heteroatoms. The van der Waals surface area contributed by atoms with Crippen LogP contribution in [0.4, 0.5) is 22.0 Å². The predicted octanol–water partition coefficient (Wildman–Crippen LogP) is 9.80. The van der Waals surface area contributed by atoms with Crippen LogP contribution in [0.15, 0.2) is 35.0 Å². The number of rotatable bonds is 4. The SMILES string of the molecule is CC1CC2CC(C)CC(C3=N/C(=C(\c4ccc(C56CC7CC(CC(C7)C5)C6)[nH]4)c4c(F)c(F)c(F)c(F)c4F)C=C3)(C1)C2. The van der Waals surface area contributed by atoms with E-state index in [1.54, 1.807) is 12.1 Å². The molecule has 2 aromatic rings. The van der Waals surface area contributed by atoms with Gasteiger partial charge in [0.15, 0.2) is 23.3 Å². The van der Waals surface area contributed by atoms with Gasteiger partial charge in [0.05, 0.1) is 11.3 Å². The quantitative estimate of drug-likeness (QED) is 0.207. The number of benzene rings is 1. The summed E-state index contributed by atoms with van der Waals surface area (Å²) in [5.74, 6) is -5.91. The van der Waals surface area contributed by atoms with E-state index in [-0.39, 0.29) is 22.1 Å². The van der Waals surface area contributed by atoms with Crippen molar-refractivity contribution in [2.45, 2.75) is 89.9 Å². The molecule has 9 rings (SSSR count). The zero-order chi connectivity index (χ0) is 29.8. The fraction of sp³-hybridized carbons (Fsp3) is 0.583. The summed E-state index contributed by atoms with van der Waals surface area (Å²) >= 11 is 0. The standard InChI is InChI=1S/C36H39F5N2/c1-18-7-20-8-19(2)13-35(12-18,14-20)26-5-3-24(42-26)28(29-30(37)32(39)34(41)33(40)31(29)38)25-4-6-27(43-25)36-15-21-9-22(16-36)11-23(10-21)17-36/h3-6,18-23,43H,7-17H2,1-2H3/b28-24+. The molecule has 1 aromatic carbocycles. The normalized spacial score (nSPS) is 39.0. The van der Waals surface area contributed by atoms with Gasteiger partial charge >= 0.3 is 0 Å². The van der Waals surface area contributed by atoms with Crippen LogP contribution in [0.1, 0.15) is 101 Å². The number of allylic oxidation sites excluding steroid dienone is 2. The number of halogens is 5. The van der Waals surface area contributed by atoms with Crippen molar-refractivity contribution in [2.24, 2.45) is 45.9 Å². The van der Waals surface area contributed by atoms with Gasteiger partial charge in [-0.2, -0.15) is 0 Å². The Bertz CT molecular complexity index is 1510. The average Bonchev–Trinajstić information content (AvgIpc) is 3.63. The fourth-order valence-electron chi connectivity index (χ4n) is 11.3. The highest BCUT2D eigenvalue weighted by molar-refractivity contribution is 6.05. The monoisotopic (exact) mass is 594 g/mol. The Balaban J connectivity index is 1.28. The molecule has 6 saturated carbocycles. The van der Waals surface area contributed by atoms with Gasteiger partial charge in [0, 0.05) is 33.5 Å². The summed E-state index contributed by atoms with van der Waals surface area (Å²) in [6, 6.07) is 3.74. The van der Waals surface area contributed by atoms with Gasteiger partial charge in [0.25, 0.3) is 0 Å². The molecule has 7 aliphatic rings. The van der Waals surface area contributed by atoms with Crippen LogP contribution in [0, 0.1) is 70.0 Å². The molecule has 6 fully saturated rings. The molecule has 1 aliphatic heterocycles. The third kappa shape index (κ3) is 4.26. The van der Waals surface area contributed by atoms with E-state index >= 15 is 8.78 Å². The minimum atomic E-state index is -2.15. The summed E-state index contributed by atoms with van der Waals surface area (Å²) < 4.78 is 74.5. The number of aromatic nitrogens is 1. The predicted molar refractivity (Wildman–Crippen MR) is 157 cm³/mol. The van der Waals surface area contributed by atoms with Crippen LogP contribution in [-0.2, 0) is 5.41 Å². The molecule has 2 atom stereocenters. The first kappa shape index (κ1) is 27.8. The lowest BCUT2D eigenvalue weighted by atomic mass is 9.49. The number of fused-ring (bicyclic) bond motifs is 2. The topological polar surface area (TPSA) is 28.1 Å². The number of nitrogens with zero attached hydrogens (tertiary/aromatic N) is 1. The molecule has 0 saturated heterocycles. The highest BCUT2D eigenvalue weighted by atomic mass is 19.2. The number of hydrogen-bond acceptors (Lipinski definition) is 1. The second kappa shape index (κ2) is 9.65. The third-order valence-electron chi connectivity index (χ3n) is 12.1. The van der Waals surface area contributed by atoms with Crippen molar-refractivity contribution in [3.05, 3.63) is 76.0 Å². The van der Waals surface area contributed by atoms with E-state index in [2.05, 4.69) is 18.8 Å². The van der Waals surface area contributed by atoms with Crippen LogP contribution >= 0.6 is 0 Å². The number of aromatic amines is 1. The lowest BCUT2D eigenvalue weighted by Gasteiger charge is -2.56. The first-order valence-corrected chi connectivity index (χ1v) is 16.3. The van der Waals surface area contributed by atoms with Crippen molar-refractivity contribution in [1.82, 2.24) is 4.98 Å². The summed E-state index contributed by atoms with van der Waals surface area (Å²) in [6.07, 6.45) is 16.1. The Labute approximate surface area is 249 Å². The molecule has 0 amide bonds. The van der Waals surface area contributed by atoms with Gasteiger partial charge in [0.2, 0.25) is 5.82 Å². The summed E-state index contributed by atoms with van der Waals surface area (Å²) in [5, 5.41) is 0. The molecule has 6 bridgehead atoms. The van der Waals surface area contributed by atoms with Crippen molar-refractivity contribution >= 4 is 11.3 Å². The lowest BCUT2D eigenvalue weighted by Crippen LogP contribution is -2.48. The molecule has 1 aromatic heterocycles. The zero-order valence-corrected chi connectivity index (χ0v) is 24.9. The lowest BCUT2D eigenvalue weighted by molar-refractivity contribution is -0.00698. The molecule has 2 nitrogen and oxygen atoms in total. The van der Waals surface area contributed by atoms with E-state index in [0.717, 1.165) is 49.9 Å². The van der Waals surface area contributed by atoms with Gasteiger partial charge < -0.3 is 4.98 Å². The molecule has 2 unspecified atom stereocenters. The second-order valence-corrected chi connectivity index (χ2v) is 15.5. The molecule has 228 valence electrons. The molecule has 0 spiro atoms. The molecule has 0 radical (unpaired) electrons.